The average molecular weight is 268 g/mol. The monoisotopic (exact) mass is 267 g/mol. The van der Waals surface area contributed by atoms with Crippen molar-refractivity contribution in [2.45, 2.75) is 26.4 Å². The predicted molar refractivity (Wildman–Crippen MR) is 71.3 cm³/mol. The van der Waals surface area contributed by atoms with Crippen LogP contribution in [0.15, 0.2) is 30.6 Å². The minimum atomic E-state index is -0.344. The van der Waals surface area contributed by atoms with Crippen molar-refractivity contribution in [1.82, 2.24) is 9.78 Å². The van der Waals surface area contributed by atoms with E-state index in [0.29, 0.717) is 17.3 Å². The number of aryl methyl sites for hydroxylation is 1. The van der Waals surface area contributed by atoms with Crippen LogP contribution >= 0.6 is 11.6 Å². The van der Waals surface area contributed by atoms with Crippen LogP contribution in [-0.2, 0) is 13.1 Å². The van der Waals surface area contributed by atoms with Crippen molar-refractivity contribution >= 4 is 17.3 Å². The van der Waals surface area contributed by atoms with E-state index in [0.717, 1.165) is 18.5 Å². The fourth-order valence-corrected chi connectivity index (χ4v) is 1.94. The molecule has 0 radical (unpaired) electrons. The van der Waals surface area contributed by atoms with Crippen molar-refractivity contribution < 1.29 is 4.39 Å². The third kappa shape index (κ3) is 3.01. The molecule has 0 spiro atoms. The number of halogens is 2. The molecule has 0 amide bonds. The zero-order chi connectivity index (χ0) is 13.0. The van der Waals surface area contributed by atoms with Crippen LogP contribution in [0.25, 0.3) is 0 Å². The van der Waals surface area contributed by atoms with Crippen LogP contribution in [-0.4, -0.2) is 9.78 Å². The zero-order valence-electron chi connectivity index (χ0n) is 10.2. The average Bonchev–Trinajstić information content (AvgIpc) is 2.77. The maximum Gasteiger partial charge on any atom is 0.147 e. The van der Waals surface area contributed by atoms with E-state index in [1.165, 1.54) is 6.07 Å². The Morgan fingerprint density at radius 2 is 2.28 bits per heavy atom. The molecule has 0 saturated heterocycles. The lowest BCUT2D eigenvalue weighted by Gasteiger charge is -2.07. The topological polar surface area (TPSA) is 29.9 Å². The quantitative estimate of drug-likeness (QED) is 0.895. The van der Waals surface area contributed by atoms with Gasteiger partial charge in [-0.1, -0.05) is 24.6 Å². The number of nitrogens with zero attached hydrogens (tertiary/aromatic N) is 2. The molecule has 0 aliphatic heterocycles. The third-order valence-electron chi connectivity index (χ3n) is 2.57. The van der Waals surface area contributed by atoms with E-state index >= 15 is 0 Å². The van der Waals surface area contributed by atoms with Gasteiger partial charge in [-0.2, -0.15) is 5.10 Å². The normalized spacial score (nSPS) is 10.6. The van der Waals surface area contributed by atoms with Gasteiger partial charge in [0.1, 0.15) is 5.82 Å². The molecule has 0 aliphatic rings. The van der Waals surface area contributed by atoms with E-state index in [1.807, 2.05) is 10.9 Å². The summed E-state index contributed by atoms with van der Waals surface area (Å²) in [6.07, 6.45) is 4.76. The van der Waals surface area contributed by atoms with E-state index < -0.39 is 0 Å². The molecule has 0 unspecified atom stereocenters. The third-order valence-corrected chi connectivity index (χ3v) is 2.89. The summed E-state index contributed by atoms with van der Waals surface area (Å²) < 4.78 is 15.4. The van der Waals surface area contributed by atoms with E-state index in [9.17, 15) is 4.39 Å². The summed E-state index contributed by atoms with van der Waals surface area (Å²) in [5, 5.41) is 7.59. The van der Waals surface area contributed by atoms with Crippen LogP contribution in [0, 0.1) is 5.82 Å². The molecule has 0 bridgehead atoms. The maximum atomic E-state index is 13.5. The smallest absolute Gasteiger partial charge is 0.147 e. The molecule has 3 nitrogen and oxygen atoms in total. The second-order valence-electron chi connectivity index (χ2n) is 4.06. The molecule has 1 aromatic carbocycles. The summed E-state index contributed by atoms with van der Waals surface area (Å²) in [7, 11) is 0. The van der Waals surface area contributed by atoms with Crippen molar-refractivity contribution in [1.29, 1.82) is 0 Å². The standard InChI is InChI=1S/C13H15ClFN3/c1-2-6-18-9-10(8-17-18)7-16-13-11(14)4-3-5-12(13)15/h3-5,8-9,16H,2,6-7H2,1H3. The lowest BCUT2D eigenvalue weighted by Crippen LogP contribution is -2.01. The Morgan fingerprint density at radius 1 is 1.44 bits per heavy atom. The van der Waals surface area contributed by atoms with E-state index in [4.69, 9.17) is 11.6 Å². The summed E-state index contributed by atoms with van der Waals surface area (Å²) in [4.78, 5) is 0. The zero-order valence-corrected chi connectivity index (χ0v) is 10.9. The van der Waals surface area contributed by atoms with Crippen molar-refractivity contribution in [2.75, 3.05) is 5.32 Å². The van der Waals surface area contributed by atoms with Crippen LogP contribution < -0.4 is 5.32 Å². The first kappa shape index (κ1) is 12.9. The highest BCUT2D eigenvalue weighted by Gasteiger charge is 2.06. The van der Waals surface area contributed by atoms with Gasteiger partial charge in [-0.25, -0.2) is 4.39 Å². The van der Waals surface area contributed by atoms with Gasteiger partial charge in [0.25, 0.3) is 0 Å². The van der Waals surface area contributed by atoms with E-state index in [2.05, 4.69) is 17.3 Å². The molecule has 1 N–H and O–H groups in total. The number of para-hydroxylation sites is 1. The van der Waals surface area contributed by atoms with E-state index in [-0.39, 0.29) is 5.82 Å². The van der Waals surface area contributed by atoms with Crippen molar-refractivity contribution in [2.24, 2.45) is 0 Å². The van der Waals surface area contributed by atoms with Crippen LogP contribution in [0.1, 0.15) is 18.9 Å². The number of rotatable bonds is 5. The van der Waals surface area contributed by atoms with Gasteiger partial charge in [-0.15, -0.1) is 0 Å². The minimum Gasteiger partial charge on any atom is -0.377 e. The molecule has 0 saturated carbocycles. The Hall–Kier alpha value is -1.55. The number of hydrogen-bond donors (Lipinski definition) is 1. The van der Waals surface area contributed by atoms with Crippen molar-refractivity contribution in [3.63, 3.8) is 0 Å². The second kappa shape index (κ2) is 5.87. The van der Waals surface area contributed by atoms with Gasteiger partial charge in [0.15, 0.2) is 0 Å². The van der Waals surface area contributed by atoms with Crippen LogP contribution in [0.3, 0.4) is 0 Å². The molecule has 1 aromatic heterocycles. The first-order valence-corrected chi connectivity index (χ1v) is 6.27. The molecule has 2 aromatic rings. The van der Waals surface area contributed by atoms with Gasteiger partial charge in [0.2, 0.25) is 0 Å². The summed E-state index contributed by atoms with van der Waals surface area (Å²) >= 11 is 5.93. The first-order valence-electron chi connectivity index (χ1n) is 5.90. The predicted octanol–water partition coefficient (Wildman–Crippen LogP) is 3.70. The lowest BCUT2D eigenvalue weighted by atomic mass is 10.3. The molecule has 0 fully saturated rings. The summed E-state index contributed by atoms with van der Waals surface area (Å²) in [5.41, 5.74) is 1.34. The van der Waals surface area contributed by atoms with Gasteiger partial charge in [-0.3, -0.25) is 4.68 Å². The summed E-state index contributed by atoms with van der Waals surface area (Å²) in [6, 6.07) is 4.63. The fraction of sp³-hybridized carbons (Fsp3) is 0.308. The minimum absolute atomic E-state index is 0.336. The van der Waals surface area contributed by atoms with Gasteiger partial charge in [0, 0.05) is 24.8 Å². The molecule has 1 heterocycles. The Labute approximate surface area is 111 Å². The van der Waals surface area contributed by atoms with Crippen molar-refractivity contribution in [3.8, 4) is 0 Å². The van der Waals surface area contributed by atoms with Crippen molar-refractivity contribution in [3.05, 3.63) is 47.0 Å². The highest BCUT2D eigenvalue weighted by atomic mass is 35.5. The fourth-order valence-electron chi connectivity index (χ4n) is 1.71. The Bertz CT molecular complexity index is 504. The number of hydrogen-bond acceptors (Lipinski definition) is 2. The van der Waals surface area contributed by atoms with Gasteiger partial charge >= 0.3 is 0 Å². The maximum absolute atomic E-state index is 13.5. The van der Waals surface area contributed by atoms with Gasteiger partial charge < -0.3 is 5.32 Å². The Kier molecular flexibility index (Phi) is 4.20. The largest absolute Gasteiger partial charge is 0.377 e. The first-order chi connectivity index (χ1) is 8.70. The summed E-state index contributed by atoms with van der Waals surface area (Å²) in [5.74, 6) is -0.344. The van der Waals surface area contributed by atoms with Crippen LogP contribution in [0.4, 0.5) is 10.1 Å². The second-order valence-corrected chi connectivity index (χ2v) is 4.47. The molecule has 96 valence electrons. The summed E-state index contributed by atoms with van der Waals surface area (Å²) in [6.45, 7) is 3.49. The number of benzene rings is 1. The van der Waals surface area contributed by atoms with Gasteiger partial charge in [0.05, 0.1) is 16.9 Å². The molecular formula is C13H15ClFN3. The van der Waals surface area contributed by atoms with Crippen LogP contribution in [0.5, 0.6) is 0 Å². The number of nitrogens with one attached hydrogen (secondary N) is 1. The molecule has 0 aliphatic carbocycles. The highest BCUT2D eigenvalue weighted by Crippen LogP contribution is 2.24. The Balaban J connectivity index is 2.02. The van der Waals surface area contributed by atoms with E-state index in [1.54, 1.807) is 18.3 Å². The SMILES string of the molecule is CCCn1cc(CNc2c(F)cccc2Cl)cn1. The van der Waals surface area contributed by atoms with Crippen LogP contribution in [0.2, 0.25) is 5.02 Å². The highest BCUT2D eigenvalue weighted by molar-refractivity contribution is 6.33. The number of aromatic nitrogens is 2. The number of anilines is 1. The lowest BCUT2D eigenvalue weighted by molar-refractivity contribution is 0.602. The molecule has 5 heteroatoms. The molecule has 18 heavy (non-hydrogen) atoms. The molecule has 0 atom stereocenters. The van der Waals surface area contributed by atoms with Gasteiger partial charge in [-0.05, 0) is 18.6 Å². The molecule has 2 rings (SSSR count). The Morgan fingerprint density at radius 3 is 3.00 bits per heavy atom. The molecular weight excluding hydrogens is 253 g/mol.